The number of rotatable bonds is 8. The summed E-state index contributed by atoms with van der Waals surface area (Å²) in [6, 6.07) is 7.13. The Bertz CT molecular complexity index is 426. The maximum absolute atomic E-state index is 11.8. The van der Waals surface area contributed by atoms with E-state index in [1.807, 2.05) is 37.9 Å². The monoisotopic (exact) mass is 298 g/mol. The summed E-state index contributed by atoms with van der Waals surface area (Å²) in [5.74, 6) is 0.797. The van der Waals surface area contributed by atoms with Crippen molar-refractivity contribution in [2.24, 2.45) is 0 Å². The third-order valence-electron chi connectivity index (χ3n) is 3.10. The first-order chi connectivity index (χ1) is 9.54. The third-order valence-corrected chi connectivity index (χ3v) is 3.33. The lowest BCUT2D eigenvalue weighted by Crippen LogP contribution is -2.44. The molecule has 0 aliphatic rings. The molecule has 1 rings (SSSR count). The number of nitrogens with one attached hydrogen (secondary N) is 1. The molecule has 0 saturated carbocycles. The molecule has 0 radical (unpaired) electrons. The Balaban J connectivity index is 2.32. The second-order valence-electron chi connectivity index (χ2n) is 4.75. The summed E-state index contributed by atoms with van der Waals surface area (Å²) >= 11 is 5.88. The Morgan fingerprint density at radius 2 is 2.25 bits per heavy atom. The summed E-state index contributed by atoms with van der Waals surface area (Å²) in [6.45, 7) is 5.84. The summed E-state index contributed by atoms with van der Waals surface area (Å²) in [4.78, 5) is 13.8. The van der Waals surface area contributed by atoms with Crippen LogP contribution in [0.4, 0.5) is 0 Å². The number of hydrogen-bond donors (Lipinski definition) is 1. The van der Waals surface area contributed by atoms with E-state index in [4.69, 9.17) is 16.3 Å². The fourth-order valence-corrected chi connectivity index (χ4v) is 1.83. The van der Waals surface area contributed by atoms with E-state index in [1.54, 1.807) is 12.1 Å². The zero-order valence-electron chi connectivity index (χ0n) is 12.4. The van der Waals surface area contributed by atoms with Crippen LogP contribution in [0.1, 0.15) is 20.3 Å². The number of amides is 1. The lowest BCUT2D eigenvalue weighted by Gasteiger charge is -2.23. The zero-order valence-corrected chi connectivity index (χ0v) is 13.1. The molecule has 0 bridgehead atoms. The molecule has 1 aromatic carbocycles. The van der Waals surface area contributed by atoms with Crippen molar-refractivity contribution in [3.05, 3.63) is 29.3 Å². The van der Waals surface area contributed by atoms with Crippen molar-refractivity contribution in [1.29, 1.82) is 0 Å². The second kappa shape index (κ2) is 8.82. The highest BCUT2D eigenvalue weighted by molar-refractivity contribution is 6.30. The molecule has 112 valence electrons. The quantitative estimate of drug-likeness (QED) is 0.802. The molecule has 4 nitrogen and oxygen atoms in total. The molecule has 1 N–H and O–H groups in total. The molecule has 0 aliphatic heterocycles. The van der Waals surface area contributed by atoms with Gasteiger partial charge in [0.25, 0.3) is 0 Å². The molecule has 0 heterocycles. The smallest absolute Gasteiger partial charge is 0.237 e. The van der Waals surface area contributed by atoms with Gasteiger partial charge in [-0.2, -0.15) is 0 Å². The minimum absolute atomic E-state index is 0.0529. The molecule has 1 amide bonds. The molecule has 0 fully saturated rings. The van der Waals surface area contributed by atoms with Crippen LogP contribution in [0.25, 0.3) is 0 Å². The van der Waals surface area contributed by atoms with Crippen molar-refractivity contribution >= 4 is 17.5 Å². The average Bonchev–Trinajstić information content (AvgIpc) is 2.43. The van der Waals surface area contributed by atoms with Crippen LogP contribution in [0, 0.1) is 0 Å². The summed E-state index contributed by atoms with van der Waals surface area (Å²) in [5.41, 5.74) is 0. The fourth-order valence-electron chi connectivity index (χ4n) is 1.65. The fraction of sp³-hybridized carbons (Fsp3) is 0.533. The van der Waals surface area contributed by atoms with Crippen LogP contribution >= 0.6 is 11.6 Å². The van der Waals surface area contributed by atoms with Gasteiger partial charge in [0.05, 0.1) is 6.04 Å². The minimum Gasteiger partial charge on any atom is -0.492 e. The highest BCUT2D eigenvalue weighted by Crippen LogP contribution is 2.16. The van der Waals surface area contributed by atoms with Crippen LogP contribution in [-0.4, -0.2) is 43.6 Å². The van der Waals surface area contributed by atoms with E-state index >= 15 is 0 Å². The predicted molar refractivity (Wildman–Crippen MR) is 82.3 cm³/mol. The number of carbonyl (C=O) groups excluding carboxylic acids is 1. The predicted octanol–water partition coefficient (Wildman–Crippen LogP) is 2.57. The van der Waals surface area contributed by atoms with E-state index in [0.717, 1.165) is 18.7 Å². The summed E-state index contributed by atoms with van der Waals surface area (Å²) in [5, 5.41) is 3.55. The molecule has 5 heteroatoms. The SMILES string of the molecule is CCCNC(=O)C(C)N(C)CCOc1cccc(Cl)c1. The maximum Gasteiger partial charge on any atom is 0.237 e. The maximum atomic E-state index is 11.8. The van der Waals surface area contributed by atoms with E-state index in [2.05, 4.69) is 5.32 Å². The van der Waals surface area contributed by atoms with Crippen molar-refractivity contribution < 1.29 is 9.53 Å². The number of hydrogen-bond acceptors (Lipinski definition) is 3. The highest BCUT2D eigenvalue weighted by Gasteiger charge is 2.16. The van der Waals surface area contributed by atoms with Gasteiger partial charge in [-0.3, -0.25) is 9.69 Å². The highest BCUT2D eigenvalue weighted by atomic mass is 35.5. The average molecular weight is 299 g/mol. The Hall–Kier alpha value is -1.26. The van der Waals surface area contributed by atoms with Crippen molar-refractivity contribution in [3.8, 4) is 5.75 Å². The van der Waals surface area contributed by atoms with Gasteiger partial charge in [0.2, 0.25) is 5.91 Å². The van der Waals surface area contributed by atoms with E-state index in [0.29, 0.717) is 18.2 Å². The molecule has 0 spiro atoms. The Morgan fingerprint density at radius 3 is 2.90 bits per heavy atom. The first kappa shape index (κ1) is 16.8. The van der Waals surface area contributed by atoms with Crippen molar-refractivity contribution in [3.63, 3.8) is 0 Å². The van der Waals surface area contributed by atoms with Crippen LogP contribution in [0.3, 0.4) is 0 Å². The number of benzene rings is 1. The summed E-state index contributed by atoms with van der Waals surface area (Å²) < 4.78 is 5.61. The van der Waals surface area contributed by atoms with Gasteiger partial charge in [-0.05, 0) is 38.6 Å². The minimum atomic E-state index is -0.162. The lowest BCUT2D eigenvalue weighted by atomic mass is 10.2. The molecular weight excluding hydrogens is 276 g/mol. The van der Waals surface area contributed by atoms with Gasteiger partial charge >= 0.3 is 0 Å². The van der Waals surface area contributed by atoms with Gasteiger partial charge in [0.1, 0.15) is 12.4 Å². The van der Waals surface area contributed by atoms with Crippen molar-refractivity contribution in [1.82, 2.24) is 10.2 Å². The zero-order chi connectivity index (χ0) is 15.0. The van der Waals surface area contributed by atoms with Gasteiger partial charge in [0, 0.05) is 18.1 Å². The molecule has 1 unspecified atom stereocenters. The molecular formula is C15H23ClN2O2. The number of halogens is 1. The Kier molecular flexibility index (Phi) is 7.41. The summed E-state index contributed by atoms with van der Waals surface area (Å²) in [7, 11) is 1.91. The topological polar surface area (TPSA) is 41.6 Å². The van der Waals surface area contributed by atoms with Crippen LogP contribution in [0.5, 0.6) is 5.75 Å². The van der Waals surface area contributed by atoms with Crippen LogP contribution < -0.4 is 10.1 Å². The molecule has 0 aliphatic carbocycles. The largest absolute Gasteiger partial charge is 0.492 e. The molecule has 0 saturated heterocycles. The first-order valence-corrected chi connectivity index (χ1v) is 7.28. The Labute approximate surface area is 126 Å². The van der Waals surface area contributed by atoms with Gasteiger partial charge < -0.3 is 10.1 Å². The molecule has 0 aromatic heterocycles. The van der Waals surface area contributed by atoms with E-state index in [9.17, 15) is 4.79 Å². The summed E-state index contributed by atoms with van der Waals surface area (Å²) in [6.07, 6.45) is 0.944. The number of likely N-dealkylation sites (N-methyl/N-ethyl adjacent to an activating group) is 1. The van der Waals surface area contributed by atoms with E-state index in [1.165, 1.54) is 0 Å². The van der Waals surface area contributed by atoms with Crippen LogP contribution in [-0.2, 0) is 4.79 Å². The number of carbonyl (C=O) groups is 1. The van der Waals surface area contributed by atoms with Gasteiger partial charge in [-0.15, -0.1) is 0 Å². The molecule has 1 atom stereocenters. The van der Waals surface area contributed by atoms with E-state index in [-0.39, 0.29) is 11.9 Å². The van der Waals surface area contributed by atoms with Crippen LogP contribution in [0.2, 0.25) is 5.02 Å². The third kappa shape index (κ3) is 5.80. The molecule has 20 heavy (non-hydrogen) atoms. The molecule has 1 aromatic rings. The lowest BCUT2D eigenvalue weighted by molar-refractivity contribution is -0.125. The first-order valence-electron chi connectivity index (χ1n) is 6.91. The van der Waals surface area contributed by atoms with Gasteiger partial charge in [-0.25, -0.2) is 0 Å². The number of ether oxygens (including phenoxy) is 1. The van der Waals surface area contributed by atoms with Crippen molar-refractivity contribution in [2.75, 3.05) is 26.7 Å². The number of nitrogens with zero attached hydrogens (tertiary/aromatic N) is 1. The van der Waals surface area contributed by atoms with Crippen LogP contribution in [0.15, 0.2) is 24.3 Å². The second-order valence-corrected chi connectivity index (χ2v) is 5.19. The Morgan fingerprint density at radius 1 is 1.50 bits per heavy atom. The normalized spacial score (nSPS) is 12.2. The van der Waals surface area contributed by atoms with E-state index < -0.39 is 0 Å². The van der Waals surface area contributed by atoms with Gasteiger partial charge in [0.15, 0.2) is 0 Å². The standard InChI is InChI=1S/C15H23ClN2O2/c1-4-8-17-15(19)12(2)18(3)9-10-20-14-7-5-6-13(16)11-14/h5-7,11-12H,4,8-10H2,1-3H3,(H,17,19). The van der Waals surface area contributed by atoms with Crippen molar-refractivity contribution in [2.45, 2.75) is 26.3 Å². The van der Waals surface area contributed by atoms with Gasteiger partial charge in [-0.1, -0.05) is 24.6 Å².